The molecule has 0 rings (SSSR count). The van der Waals surface area contributed by atoms with Gasteiger partial charge in [0.25, 0.3) is 0 Å². The minimum absolute atomic E-state index is 0.132. The van der Waals surface area contributed by atoms with Gasteiger partial charge in [-0.1, -0.05) is 26.7 Å². The van der Waals surface area contributed by atoms with Gasteiger partial charge in [0, 0.05) is 0 Å². The molecule has 0 spiro atoms. The summed E-state index contributed by atoms with van der Waals surface area (Å²) in [7, 11) is 0. The molecule has 2 atom stereocenters. The Bertz CT molecular complexity index is 123. The molecular weight excluding hydrogens is 144 g/mol. The first-order chi connectivity index (χ1) is 5.09. The lowest BCUT2D eigenvalue weighted by atomic mass is 9.98. The number of carboxylic acids is 1. The van der Waals surface area contributed by atoms with E-state index in [9.17, 15) is 4.79 Å². The molecule has 3 heteroatoms. The van der Waals surface area contributed by atoms with Gasteiger partial charge in [0.1, 0.15) is 0 Å². The lowest BCUT2D eigenvalue weighted by Crippen LogP contribution is -2.27. The number of hydrogen-bond donors (Lipinski definition) is 2. The van der Waals surface area contributed by atoms with Crippen molar-refractivity contribution in [2.75, 3.05) is 0 Å². The van der Waals surface area contributed by atoms with Crippen LogP contribution in [-0.2, 0) is 4.79 Å². The predicted octanol–water partition coefficient (Wildman–Crippen LogP) is 1.26. The van der Waals surface area contributed by atoms with E-state index >= 15 is 0 Å². The van der Waals surface area contributed by atoms with Gasteiger partial charge in [-0.25, -0.2) is 4.79 Å². The number of aliphatic hydroxyl groups is 1. The van der Waals surface area contributed by atoms with Crippen molar-refractivity contribution >= 4 is 5.97 Å². The van der Waals surface area contributed by atoms with Gasteiger partial charge in [-0.2, -0.15) is 0 Å². The van der Waals surface area contributed by atoms with E-state index in [0.29, 0.717) is 0 Å². The molecule has 0 aliphatic heterocycles. The highest BCUT2D eigenvalue weighted by atomic mass is 16.4. The second-order valence-electron chi connectivity index (χ2n) is 2.90. The molecule has 0 aliphatic carbocycles. The standard InChI is InChI=1S/C8H16O3/c1-3-4-5-6(2)7(9)8(10)11/h6-7,9H,3-5H2,1-2H3,(H,10,11)/t6-,7+/m1/s1. The number of carboxylic acid groups (broad SMARTS) is 1. The SMILES string of the molecule is CCCC[C@@H](C)[C@H](O)C(=O)O. The van der Waals surface area contributed by atoms with E-state index in [0.717, 1.165) is 19.3 Å². The van der Waals surface area contributed by atoms with Gasteiger partial charge < -0.3 is 10.2 Å². The number of aliphatic hydroxyl groups excluding tert-OH is 1. The third kappa shape index (κ3) is 3.98. The van der Waals surface area contributed by atoms with Crippen LogP contribution < -0.4 is 0 Å². The monoisotopic (exact) mass is 160 g/mol. The summed E-state index contributed by atoms with van der Waals surface area (Å²) in [5.74, 6) is -1.25. The average Bonchev–Trinajstić information content (AvgIpc) is 1.98. The van der Waals surface area contributed by atoms with Gasteiger partial charge in [0.2, 0.25) is 0 Å². The summed E-state index contributed by atoms with van der Waals surface area (Å²) < 4.78 is 0. The summed E-state index contributed by atoms with van der Waals surface area (Å²) in [6.07, 6.45) is 1.60. The summed E-state index contributed by atoms with van der Waals surface area (Å²) in [5.41, 5.74) is 0. The van der Waals surface area contributed by atoms with Crippen molar-refractivity contribution in [1.82, 2.24) is 0 Å². The van der Waals surface area contributed by atoms with Gasteiger partial charge in [0.05, 0.1) is 0 Å². The first-order valence-corrected chi connectivity index (χ1v) is 4.00. The molecule has 0 bridgehead atoms. The molecule has 0 aliphatic rings. The second kappa shape index (κ2) is 5.13. The molecule has 0 aromatic heterocycles. The van der Waals surface area contributed by atoms with Crippen LogP contribution in [-0.4, -0.2) is 22.3 Å². The van der Waals surface area contributed by atoms with Crippen LogP contribution in [0, 0.1) is 5.92 Å². The fourth-order valence-corrected chi connectivity index (χ4v) is 0.927. The van der Waals surface area contributed by atoms with Crippen LogP contribution in [0.2, 0.25) is 0 Å². The molecule has 0 aromatic rings. The number of rotatable bonds is 5. The van der Waals surface area contributed by atoms with E-state index in [1.807, 2.05) is 6.92 Å². The molecule has 66 valence electrons. The summed E-state index contributed by atoms with van der Waals surface area (Å²) in [6.45, 7) is 3.80. The van der Waals surface area contributed by atoms with Crippen LogP contribution in [0.3, 0.4) is 0 Å². The molecule has 0 heterocycles. The zero-order valence-corrected chi connectivity index (χ0v) is 7.08. The van der Waals surface area contributed by atoms with Crippen LogP contribution in [0.15, 0.2) is 0 Å². The first-order valence-electron chi connectivity index (χ1n) is 4.00. The molecule has 0 aromatic carbocycles. The lowest BCUT2D eigenvalue weighted by molar-refractivity contribution is -0.149. The fraction of sp³-hybridized carbons (Fsp3) is 0.875. The maximum absolute atomic E-state index is 10.3. The topological polar surface area (TPSA) is 57.5 Å². The highest BCUT2D eigenvalue weighted by Gasteiger charge is 2.20. The van der Waals surface area contributed by atoms with E-state index in [1.165, 1.54) is 0 Å². The molecule has 0 saturated heterocycles. The number of unbranched alkanes of at least 4 members (excludes halogenated alkanes) is 1. The Balaban J connectivity index is 3.63. The summed E-state index contributed by atoms with van der Waals surface area (Å²) in [4.78, 5) is 10.3. The van der Waals surface area contributed by atoms with Gasteiger partial charge in [-0.3, -0.25) is 0 Å². The third-order valence-corrected chi connectivity index (χ3v) is 1.81. The molecule has 0 unspecified atom stereocenters. The summed E-state index contributed by atoms with van der Waals surface area (Å²) >= 11 is 0. The summed E-state index contributed by atoms with van der Waals surface area (Å²) in [5, 5.41) is 17.4. The van der Waals surface area contributed by atoms with E-state index in [4.69, 9.17) is 10.2 Å². The smallest absolute Gasteiger partial charge is 0.332 e. The van der Waals surface area contributed by atoms with E-state index in [-0.39, 0.29) is 5.92 Å². The highest BCUT2D eigenvalue weighted by molar-refractivity contribution is 5.72. The number of hydrogen-bond acceptors (Lipinski definition) is 2. The van der Waals surface area contributed by atoms with Crippen LogP contribution in [0.5, 0.6) is 0 Å². The zero-order chi connectivity index (χ0) is 8.85. The Hall–Kier alpha value is -0.570. The average molecular weight is 160 g/mol. The van der Waals surface area contributed by atoms with Crippen LogP contribution in [0.4, 0.5) is 0 Å². The molecule has 0 fully saturated rings. The second-order valence-corrected chi connectivity index (χ2v) is 2.90. The molecule has 0 radical (unpaired) electrons. The number of carbonyl (C=O) groups is 1. The van der Waals surface area contributed by atoms with Gasteiger partial charge in [-0.15, -0.1) is 0 Å². The van der Waals surface area contributed by atoms with E-state index < -0.39 is 12.1 Å². The lowest BCUT2D eigenvalue weighted by Gasteiger charge is -2.13. The highest BCUT2D eigenvalue weighted by Crippen LogP contribution is 2.11. The molecular formula is C8H16O3. The van der Waals surface area contributed by atoms with Gasteiger partial charge >= 0.3 is 5.97 Å². The van der Waals surface area contributed by atoms with Crippen molar-refractivity contribution in [3.8, 4) is 0 Å². The van der Waals surface area contributed by atoms with Gasteiger partial charge in [0.15, 0.2) is 6.10 Å². The molecule has 2 N–H and O–H groups in total. The van der Waals surface area contributed by atoms with E-state index in [2.05, 4.69) is 0 Å². The van der Waals surface area contributed by atoms with Crippen molar-refractivity contribution in [3.63, 3.8) is 0 Å². The zero-order valence-electron chi connectivity index (χ0n) is 7.08. The fourth-order valence-electron chi connectivity index (χ4n) is 0.927. The predicted molar refractivity (Wildman–Crippen MR) is 42.3 cm³/mol. The van der Waals surface area contributed by atoms with Crippen molar-refractivity contribution < 1.29 is 15.0 Å². The van der Waals surface area contributed by atoms with Crippen molar-refractivity contribution in [2.24, 2.45) is 5.92 Å². The normalized spacial score (nSPS) is 15.9. The minimum Gasteiger partial charge on any atom is -0.479 e. The van der Waals surface area contributed by atoms with Crippen molar-refractivity contribution in [3.05, 3.63) is 0 Å². The molecule has 0 amide bonds. The molecule has 0 saturated carbocycles. The summed E-state index contributed by atoms with van der Waals surface area (Å²) in [6, 6.07) is 0. The first kappa shape index (κ1) is 10.4. The molecule has 11 heavy (non-hydrogen) atoms. The van der Waals surface area contributed by atoms with Crippen molar-refractivity contribution in [1.29, 1.82) is 0 Å². The Morgan fingerprint density at radius 1 is 1.55 bits per heavy atom. The van der Waals surface area contributed by atoms with Crippen LogP contribution in [0.25, 0.3) is 0 Å². The minimum atomic E-state index is -1.19. The quantitative estimate of drug-likeness (QED) is 0.636. The van der Waals surface area contributed by atoms with Gasteiger partial charge in [-0.05, 0) is 12.3 Å². The largest absolute Gasteiger partial charge is 0.479 e. The number of aliphatic carboxylic acids is 1. The van der Waals surface area contributed by atoms with Crippen molar-refractivity contribution in [2.45, 2.75) is 39.2 Å². The van der Waals surface area contributed by atoms with Crippen LogP contribution in [0.1, 0.15) is 33.1 Å². The molecule has 3 nitrogen and oxygen atoms in total. The van der Waals surface area contributed by atoms with E-state index in [1.54, 1.807) is 6.92 Å². The van der Waals surface area contributed by atoms with Crippen LogP contribution >= 0.6 is 0 Å². The Morgan fingerprint density at radius 3 is 2.45 bits per heavy atom. The maximum atomic E-state index is 10.3. The Kier molecular flexibility index (Phi) is 4.86. The Labute approximate surface area is 67.0 Å². The third-order valence-electron chi connectivity index (χ3n) is 1.81. The maximum Gasteiger partial charge on any atom is 0.332 e. The Morgan fingerprint density at radius 2 is 2.09 bits per heavy atom.